The molecule has 0 heterocycles. The number of carbonyl (C=O) groups excluding carboxylic acids is 1. The average Bonchev–Trinajstić information content (AvgIpc) is 2.15. The van der Waals surface area contributed by atoms with Gasteiger partial charge in [-0.05, 0) is 32.9 Å². The van der Waals surface area contributed by atoms with Gasteiger partial charge < -0.3 is 11.1 Å². The smallest absolute Gasteiger partial charge is 0.239 e. The van der Waals surface area contributed by atoms with Crippen LogP contribution in [-0.4, -0.2) is 11.4 Å². The number of nitrogens with one attached hydrogen (secondary N) is 1. The molecule has 0 saturated carbocycles. The summed E-state index contributed by atoms with van der Waals surface area (Å²) >= 11 is 0. The number of hydrogen-bond donors (Lipinski definition) is 2. The summed E-state index contributed by atoms with van der Waals surface area (Å²) in [5.74, 6) is -1.84. The average molecular weight is 279 g/mol. The van der Waals surface area contributed by atoms with Gasteiger partial charge in [-0.1, -0.05) is 6.07 Å². The van der Waals surface area contributed by atoms with Crippen LogP contribution in [0.1, 0.15) is 32.4 Å². The lowest BCUT2D eigenvalue weighted by Crippen LogP contribution is -2.49. The van der Waals surface area contributed by atoms with E-state index in [4.69, 9.17) is 5.73 Å². The van der Waals surface area contributed by atoms with Crippen molar-refractivity contribution in [2.75, 3.05) is 0 Å². The van der Waals surface area contributed by atoms with Gasteiger partial charge in [-0.2, -0.15) is 0 Å². The molecule has 0 aliphatic rings. The standard InChI is InChI=1S/C12H16F2N2O.ClH/c1-7(16-11(17)12(2,3)15)10-8(13)5-4-6-9(10)14;/h4-7H,15H2,1-3H3,(H,16,17);1H. The Hall–Kier alpha value is -1.20. The highest BCUT2D eigenvalue weighted by atomic mass is 35.5. The Morgan fingerprint density at radius 2 is 1.78 bits per heavy atom. The van der Waals surface area contributed by atoms with E-state index in [1.807, 2.05) is 0 Å². The molecule has 6 heteroatoms. The molecule has 1 aromatic carbocycles. The van der Waals surface area contributed by atoms with Crippen LogP contribution in [0.4, 0.5) is 8.78 Å². The fourth-order valence-corrected chi connectivity index (χ4v) is 1.38. The molecule has 1 rings (SSSR count). The Kier molecular flexibility index (Phi) is 5.70. The van der Waals surface area contributed by atoms with E-state index in [0.717, 1.165) is 12.1 Å². The predicted octanol–water partition coefficient (Wildman–Crippen LogP) is 2.30. The van der Waals surface area contributed by atoms with Crippen molar-refractivity contribution in [3.8, 4) is 0 Å². The molecular formula is C12H17ClF2N2O. The summed E-state index contributed by atoms with van der Waals surface area (Å²) in [6, 6.07) is 2.80. The van der Waals surface area contributed by atoms with E-state index in [-0.39, 0.29) is 18.0 Å². The third-order valence-electron chi connectivity index (χ3n) is 2.37. The van der Waals surface area contributed by atoms with Crippen LogP contribution in [0.2, 0.25) is 0 Å². The SMILES string of the molecule is CC(NC(=O)C(C)(C)N)c1c(F)cccc1F.Cl. The zero-order valence-corrected chi connectivity index (χ0v) is 11.3. The first-order chi connectivity index (χ1) is 7.73. The maximum atomic E-state index is 13.4. The van der Waals surface area contributed by atoms with Crippen LogP contribution in [0.25, 0.3) is 0 Å². The summed E-state index contributed by atoms with van der Waals surface area (Å²) in [6.45, 7) is 4.55. The van der Waals surface area contributed by atoms with E-state index in [1.165, 1.54) is 26.8 Å². The molecule has 0 radical (unpaired) electrons. The first-order valence-electron chi connectivity index (χ1n) is 5.27. The summed E-state index contributed by atoms with van der Waals surface area (Å²) in [4.78, 5) is 11.6. The van der Waals surface area contributed by atoms with Crippen molar-refractivity contribution in [3.63, 3.8) is 0 Å². The van der Waals surface area contributed by atoms with Crippen LogP contribution in [0.5, 0.6) is 0 Å². The molecule has 3 N–H and O–H groups in total. The Morgan fingerprint density at radius 3 is 2.17 bits per heavy atom. The van der Waals surface area contributed by atoms with E-state index >= 15 is 0 Å². The zero-order chi connectivity index (χ0) is 13.2. The third-order valence-corrected chi connectivity index (χ3v) is 2.37. The zero-order valence-electron chi connectivity index (χ0n) is 10.5. The predicted molar refractivity (Wildman–Crippen MR) is 68.4 cm³/mol. The fraction of sp³-hybridized carbons (Fsp3) is 0.417. The Labute approximate surface area is 111 Å². The second-order valence-corrected chi connectivity index (χ2v) is 4.55. The first-order valence-corrected chi connectivity index (χ1v) is 5.27. The summed E-state index contributed by atoms with van der Waals surface area (Å²) in [5, 5.41) is 2.47. The van der Waals surface area contributed by atoms with Gasteiger partial charge in [0.15, 0.2) is 0 Å². The number of halogens is 3. The van der Waals surface area contributed by atoms with Gasteiger partial charge in [0.25, 0.3) is 0 Å². The number of rotatable bonds is 3. The molecule has 18 heavy (non-hydrogen) atoms. The van der Waals surface area contributed by atoms with E-state index in [2.05, 4.69) is 5.32 Å². The highest BCUT2D eigenvalue weighted by molar-refractivity contribution is 5.85. The van der Waals surface area contributed by atoms with Gasteiger partial charge in [-0.3, -0.25) is 4.79 Å². The van der Waals surface area contributed by atoms with Crippen molar-refractivity contribution < 1.29 is 13.6 Å². The number of amides is 1. The lowest BCUT2D eigenvalue weighted by atomic mass is 10.0. The molecule has 0 bridgehead atoms. The maximum Gasteiger partial charge on any atom is 0.239 e. The Balaban J connectivity index is 0.00000289. The molecule has 0 aromatic heterocycles. The fourth-order valence-electron chi connectivity index (χ4n) is 1.38. The second-order valence-electron chi connectivity index (χ2n) is 4.55. The molecule has 0 aliphatic heterocycles. The van der Waals surface area contributed by atoms with E-state index in [1.54, 1.807) is 0 Å². The van der Waals surface area contributed by atoms with Crippen LogP contribution < -0.4 is 11.1 Å². The molecule has 1 aromatic rings. The highest BCUT2D eigenvalue weighted by Crippen LogP contribution is 2.20. The second kappa shape index (κ2) is 6.11. The van der Waals surface area contributed by atoms with Crippen LogP contribution in [0.15, 0.2) is 18.2 Å². The summed E-state index contributed by atoms with van der Waals surface area (Å²) in [7, 11) is 0. The van der Waals surface area contributed by atoms with Gasteiger partial charge >= 0.3 is 0 Å². The van der Waals surface area contributed by atoms with E-state index in [9.17, 15) is 13.6 Å². The molecule has 0 spiro atoms. The van der Waals surface area contributed by atoms with Gasteiger partial charge in [-0.25, -0.2) is 8.78 Å². The lowest BCUT2D eigenvalue weighted by molar-refractivity contribution is -0.125. The molecule has 3 nitrogen and oxygen atoms in total. The molecular weight excluding hydrogens is 262 g/mol. The van der Waals surface area contributed by atoms with Gasteiger partial charge in [0.1, 0.15) is 11.6 Å². The minimum absolute atomic E-state index is 0. The number of carbonyl (C=O) groups is 1. The van der Waals surface area contributed by atoms with Crippen molar-refractivity contribution in [2.45, 2.75) is 32.4 Å². The van der Waals surface area contributed by atoms with Gasteiger partial charge in [-0.15, -0.1) is 12.4 Å². The van der Waals surface area contributed by atoms with Gasteiger partial charge in [0.2, 0.25) is 5.91 Å². The number of nitrogens with two attached hydrogens (primary N) is 1. The molecule has 0 saturated heterocycles. The van der Waals surface area contributed by atoms with Gasteiger partial charge in [0, 0.05) is 5.56 Å². The summed E-state index contributed by atoms with van der Waals surface area (Å²) in [5.41, 5.74) is 4.33. The maximum absolute atomic E-state index is 13.4. The van der Waals surface area contributed by atoms with Crippen LogP contribution in [-0.2, 0) is 4.79 Å². The van der Waals surface area contributed by atoms with Crippen LogP contribution in [0, 0.1) is 11.6 Å². The minimum Gasteiger partial charge on any atom is -0.348 e. The van der Waals surface area contributed by atoms with E-state index < -0.39 is 29.1 Å². The summed E-state index contributed by atoms with van der Waals surface area (Å²) in [6.07, 6.45) is 0. The Bertz CT molecular complexity index is 412. The van der Waals surface area contributed by atoms with Crippen LogP contribution >= 0.6 is 12.4 Å². The monoisotopic (exact) mass is 278 g/mol. The molecule has 0 fully saturated rings. The summed E-state index contributed by atoms with van der Waals surface area (Å²) < 4.78 is 26.9. The van der Waals surface area contributed by atoms with Gasteiger partial charge in [0.05, 0.1) is 11.6 Å². The Morgan fingerprint density at radius 1 is 1.33 bits per heavy atom. The van der Waals surface area contributed by atoms with E-state index in [0.29, 0.717) is 0 Å². The van der Waals surface area contributed by atoms with Crippen molar-refractivity contribution in [1.82, 2.24) is 5.32 Å². The molecule has 1 unspecified atom stereocenters. The van der Waals surface area contributed by atoms with Crippen molar-refractivity contribution in [2.24, 2.45) is 5.73 Å². The lowest BCUT2D eigenvalue weighted by Gasteiger charge is -2.22. The molecule has 1 amide bonds. The van der Waals surface area contributed by atoms with Crippen LogP contribution in [0.3, 0.4) is 0 Å². The number of benzene rings is 1. The largest absolute Gasteiger partial charge is 0.348 e. The van der Waals surface area contributed by atoms with Crippen molar-refractivity contribution in [1.29, 1.82) is 0 Å². The molecule has 1 atom stereocenters. The topological polar surface area (TPSA) is 55.1 Å². The quantitative estimate of drug-likeness (QED) is 0.891. The minimum atomic E-state index is -1.09. The normalized spacial score (nSPS) is 12.6. The third kappa shape index (κ3) is 3.92. The molecule has 0 aliphatic carbocycles. The van der Waals surface area contributed by atoms with Crippen molar-refractivity contribution in [3.05, 3.63) is 35.4 Å². The number of hydrogen-bond acceptors (Lipinski definition) is 2. The molecule has 102 valence electrons. The van der Waals surface area contributed by atoms with Crippen molar-refractivity contribution >= 4 is 18.3 Å². The highest BCUT2D eigenvalue weighted by Gasteiger charge is 2.25. The first kappa shape index (κ1) is 16.8.